The van der Waals surface area contributed by atoms with Gasteiger partial charge in [0, 0.05) is 50.0 Å². The van der Waals surface area contributed by atoms with Gasteiger partial charge in [-0.2, -0.15) is 5.10 Å². The van der Waals surface area contributed by atoms with Gasteiger partial charge < -0.3 is 30.3 Å². The minimum absolute atomic E-state index is 0.00240. The summed E-state index contributed by atoms with van der Waals surface area (Å²) in [5, 5.41) is 21.5. The van der Waals surface area contributed by atoms with Gasteiger partial charge in [0.1, 0.15) is 11.9 Å². The zero-order chi connectivity index (χ0) is 29.2. The number of aryl methyl sites for hydroxylation is 1. The van der Waals surface area contributed by atoms with Crippen LogP contribution >= 0.6 is 0 Å². The number of nitrogens with zero attached hydrogens (tertiary/aromatic N) is 6. The van der Waals surface area contributed by atoms with Crippen molar-refractivity contribution < 1.29 is 19.1 Å². The van der Waals surface area contributed by atoms with Crippen molar-refractivity contribution in [3.63, 3.8) is 0 Å². The van der Waals surface area contributed by atoms with Crippen molar-refractivity contribution in [2.24, 2.45) is 13.0 Å². The van der Waals surface area contributed by atoms with Gasteiger partial charge in [-0.3, -0.25) is 14.3 Å². The van der Waals surface area contributed by atoms with E-state index in [1.54, 1.807) is 19.4 Å². The second-order valence-electron chi connectivity index (χ2n) is 10.2. The topological polar surface area (TPSA) is 148 Å². The second kappa shape index (κ2) is 11.4. The first-order valence-corrected chi connectivity index (χ1v) is 13.6. The molecule has 0 bridgehead atoms. The van der Waals surface area contributed by atoms with Gasteiger partial charge in [0.05, 0.1) is 37.3 Å². The van der Waals surface area contributed by atoms with Crippen LogP contribution in [0.15, 0.2) is 54.7 Å². The number of carbonyl (C=O) groups is 2. The average molecular weight is 570 g/mol. The van der Waals surface area contributed by atoms with E-state index in [0.717, 1.165) is 29.9 Å². The number of hydrogen-bond donors (Lipinski definition) is 3. The smallest absolute Gasteiger partial charge is 0.273 e. The van der Waals surface area contributed by atoms with Crippen molar-refractivity contribution in [3.05, 3.63) is 60.4 Å². The lowest BCUT2D eigenvalue weighted by molar-refractivity contribution is -0.117. The van der Waals surface area contributed by atoms with Crippen molar-refractivity contribution in [1.82, 2.24) is 30.3 Å². The fraction of sp³-hybridized carbons (Fsp3) is 0.310. The summed E-state index contributed by atoms with van der Waals surface area (Å²) in [5.41, 5.74) is 2.52. The van der Waals surface area contributed by atoms with E-state index in [1.807, 2.05) is 54.2 Å². The molecular weight excluding hydrogens is 538 g/mol. The highest BCUT2D eigenvalue weighted by Gasteiger charge is 2.32. The molecule has 4 aromatic rings. The zero-order valence-electron chi connectivity index (χ0n) is 23.5. The molecule has 0 spiro atoms. The van der Waals surface area contributed by atoms with Crippen molar-refractivity contribution in [2.75, 3.05) is 42.8 Å². The Morgan fingerprint density at radius 1 is 1.02 bits per heavy atom. The van der Waals surface area contributed by atoms with Crippen LogP contribution in [0, 0.1) is 5.92 Å². The summed E-state index contributed by atoms with van der Waals surface area (Å²) < 4.78 is 13.6. The van der Waals surface area contributed by atoms with Gasteiger partial charge in [-0.05, 0) is 31.0 Å². The highest BCUT2D eigenvalue weighted by Crippen LogP contribution is 2.39. The molecule has 6 rings (SSSR count). The molecule has 13 nitrogen and oxygen atoms in total. The number of rotatable bonds is 10. The lowest BCUT2D eigenvalue weighted by Gasteiger charge is -2.39. The maximum absolute atomic E-state index is 12.6. The minimum Gasteiger partial charge on any atom is -0.494 e. The molecule has 0 unspecified atom stereocenters. The number of carbonyl (C=O) groups excluding carboxylic acids is 2. The van der Waals surface area contributed by atoms with Crippen molar-refractivity contribution >= 4 is 34.8 Å². The molecule has 1 saturated carbocycles. The van der Waals surface area contributed by atoms with Crippen molar-refractivity contribution in [3.8, 4) is 22.9 Å². The van der Waals surface area contributed by atoms with Gasteiger partial charge in [0.2, 0.25) is 11.8 Å². The van der Waals surface area contributed by atoms with Crippen LogP contribution in [-0.2, 0) is 11.8 Å². The van der Waals surface area contributed by atoms with Crippen LogP contribution in [0.25, 0.3) is 11.3 Å². The third kappa shape index (κ3) is 5.53. The highest BCUT2D eigenvalue weighted by atomic mass is 16.5. The molecule has 0 atom stereocenters. The summed E-state index contributed by atoms with van der Waals surface area (Å²) in [5.74, 6) is 1.82. The Morgan fingerprint density at radius 3 is 2.57 bits per heavy atom. The summed E-state index contributed by atoms with van der Waals surface area (Å²) in [6.45, 7) is 1.43. The van der Waals surface area contributed by atoms with Crippen LogP contribution in [-0.4, -0.2) is 70.1 Å². The molecule has 0 radical (unpaired) electrons. The summed E-state index contributed by atoms with van der Waals surface area (Å²) in [4.78, 5) is 31.3. The Balaban J connectivity index is 1.24. The van der Waals surface area contributed by atoms with Gasteiger partial charge in [-0.15, -0.1) is 10.2 Å². The van der Waals surface area contributed by atoms with Gasteiger partial charge in [0.25, 0.3) is 5.91 Å². The predicted molar refractivity (Wildman–Crippen MR) is 156 cm³/mol. The number of ether oxygens (including phenoxy) is 2. The van der Waals surface area contributed by atoms with Crippen LogP contribution in [0.3, 0.4) is 0 Å². The first-order valence-electron chi connectivity index (χ1n) is 13.6. The summed E-state index contributed by atoms with van der Waals surface area (Å²) in [6, 6.07) is 14.8. The van der Waals surface area contributed by atoms with Crippen LogP contribution in [0.2, 0.25) is 0 Å². The number of hydrogen-bond acceptors (Lipinski definition) is 10. The molecule has 2 amide bonds. The molecule has 3 N–H and O–H groups in total. The molecular formula is C29H31N9O4. The number of benzene rings is 1. The van der Waals surface area contributed by atoms with E-state index in [4.69, 9.17) is 14.6 Å². The number of methoxy groups -OCH3 is 1. The Bertz CT molecular complexity index is 1610. The molecule has 1 aliphatic heterocycles. The molecule has 2 aliphatic rings. The molecule has 42 heavy (non-hydrogen) atoms. The lowest BCUT2D eigenvalue weighted by Crippen LogP contribution is -2.54. The maximum Gasteiger partial charge on any atom is 0.273 e. The first kappa shape index (κ1) is 27.0. The second-order valence-corrected chi connectivity index (χ2v) is 10.2. The lowest BCUT2D eigenvalue weighted by atomic mass is 10.1. The Kier molecular flexibility index (Phi) is 7.30. The molecule has 1 saturated heterocycles. The van der Waals surface area contributed by atoms with E-state index >= 15 is 0 Å². The molecule has 216 valence electrons. The molecule has 1 aliphatic carbocycles. The number of pyridine rings is 1. The molecule has 3 aromatic heterocycles. The van der Waals surface area contributed by atoms with Crippen molar-refractivity contribution in [2.45, 2.75) is 18.9 Å². The van der Waals surface area contributed by atoms with Crippen LogP contribution in [0.5, 0.6) is 11.6 Å². The normalized spacial score (nSPS) is 14.6. The Labute approximate surface area is 242 Å². The Hall–Kier alpha value is -5.20. The number of para-hydroxylation sites is 1. The van der Waals surface area contributed by atoms with Crippen LogP contribution < -0.4 is 30.3 Å². The Morgan fingerprint density at radius 2 is 1.86 bits per heavy atom. The summed E-state index contributed by atoms with van der Waals surface area (Å²) >= 11 is 0. The highest BCUT2D eigenvalue weighted by molar-refractivity contribution is 6.00. The van der Waals surface area contributed by atoms with Crippen LogP contribution in [0.4, 0.5) is 23.0 Å². The fourth-order valence-electron chi connectivity index (χ4n) is 4.78. The van der Waals surface area contributed by atoms with Gasteiger partial charge in [-0.1, -0.05) is 12.1 Å². The van der Waals surface area contributed by atoms with E-state index in [0.29, 0.717) is 36.1 Å². The third-order valence-corrected chi connectivity index (χ3v) is 7.15. The molecule has 4 heterocycles. The van der Waals surface area contributed by atoms with E-state index in [9.17, 15) is 9.59 Å². The monoisotopic (exact) mass is 569 g/mol. The van der Waals surface area contributed by atoms with Gasteiger partial charge >= 0.3 is 0 Å². The third-order valence-electron chi connectivity index (χ3n) is 7.15. The quantitative estimate of drug-likeness (QED) is 0.260. The summed E-state index contributed by atoms with van der Waals surface area (Å²) in [6.07, 6.45) is 3.48. The standard InChI is InChI=1S/C29H31N9O4/c1-30-29(40)26-22(13-23(34-35-26)33-28(39)17-10-11-17)32-20-8-6-7-19(27(20)41-3)21-14-25(37(2)36-21)38-15-18(16-38)42-24-9-4-5-12-31-24/h4-9,12-14,17-18H,10-11,15-16H2,1-3H3,(H,30,40)(H2,32,33,34,39). The zero-order valence-corrected chi connectivity index (χ0v) is 23.5. The van der Waals surface area contributed by atoms with Crippen LogP contribution in [0.1, 0.15) is 23.3 Å². The maximum atomic E-state index is 12.6. The number of anilines is 4. The largest absolute Gasteiger partial charge is 0.494 e. The number of nitrogens with one attached hydrogen (secondary N) is 3. The average Bonchev–Trinajstić information content (AvgIpc) is 3.77. The van der Waals surface area contributed by atoms with E-state index in [-0.39, 0.29) is 29.4 Å². The fourth-order valence-corrected chi connectivity index (χ4v) is 4.78. The van der Waals surface area contributed by atoms with E-state index in [1.165, 1.54) is 7.05 Å². The minimum atomic E-state index is -0.422. The van der Waals surface area contributed by atoms with Gasteiger partial charge in [0.15, 0.2) is 17.3 Å². The van der Waals surface area contributed by atoms with E-state index < -0.39 is 5.91 Å². The molecule has 1 aromatic carbocycles. The van der Waals surface area contributed by atoms with Crippen molar-refractivity contribution in [1.29, 1.82) is 0 Å². The first-order chi connectivity index (χ1) is 20.4. The number of aromatic nitrogens is 5. The van der Waals surface area contributed by atoms with Gasteiger partial charge in [-0.25, -0.2) is 4.98 Å². The molecule has 13 heteroatoms. The number of amides is 2. The molecule has 2 fully saturated rings. The predicted octanol–water partition coefficient (Wildman–Crippen LogP) is 3.00. The summed E-state index contributed by atoms with van der Waals surface area (Å²) in [7, 11) is 4.99. The SMILES string of the molecule is CNC(=O)c1nnc(NC(=O)C2CC2)cc1Nc1cccc(-c2cc(N3CC(Oc4ccccn4)C3)n(C)n2)c1OC. The van der Waals surface area contributed by atoms with E-state index in [2.05, 4.69) is 36.0 Å².